The molecule has 0 aliphatic carbocycles. The molecule has 2 N–H and O–H groups in total. The number of ether oxygens (including phenoxy) is 1. The quantitative estimate of drug-likeness (QED) is 0.697. The van der Waals surface area contributed by atoms with Crippen LogP contribution in [0.2, 0.25) is 0 Å². The van der Waals surface area contributed by atoms with Gasteiger partial charge in [-0.15, -0.1) is 0 Å². The minimum atomic E-state index is 0.234. The molecule has 0 unspecified atom stereocenters. The first-order valence-corrected chi connectivity index (χ1v) is 5.23. The summed E-state index contributed by atoms with van der Waals surface area (Å²) in [4.78, 5) is 0. The third-order valence-corrected chi connectivity index (χ3v) is 2.26. The molecular formula is C12H19NO2. The summed E-state index contributed by atoms with van der Waals surface area (Å²) >= 11 is 0. The third-order valence-electron chi connectivity index (χ3n) is 2.26. The number of nitrogens with one attached hydrogen (secondary N) is 1. The van der Waals surface area contributed by atoms with E-state index in [1.807, 2.05) is 12.1 Å². The molecule has 0 saturated heterocycles. The summed E-state index contributed by atoms with van der Waals surface area (Å²) in [5.41, 5.74) is 2.39. The predicted octanol–water partition coefficient (Wildman–Crippen LogP) is 1.48. The number of rotatable bonds is 6. The van der Waals surface area contributed by atoms with Gasteiger partial charge in [-0.3, -0.25) is 0 Å². The molecular weight excluding hydrogens is 190 g/mol. The van der Waals surface area contributed by atoms with E-state index in [1.54, 1.807) is 7.11 Å². The zero-order chi connectivity index (χ0) is 11.1. The minimum Gasteiger partial charge on any atom is -0.496 e. The van der Waals surface area contributed by atoms with Gasteiger partial charge in [-0.1, -0.05) is 17.7 Å². The van der Waals surface area contributed by atoms with E-state index in [2.05, 4.69) is 18.3 Å². The molecule has 1 rings (SSSR count). The summed E-state index contributed by atoms with van der Waals surface area (Å²) in [6, 6.07) is 6.14. The molecule has 0 heterocycles. The van der Waals surface area contributed by atoms with E-state index in [0.29, 0.717) is 0 Å². The molecule has 0 amide bonds. The van der Waals surface area contributed by atoms with E-state index >= 15 is 0 Å². The van der Waals surface area contributed by atoms with Crippen molar-refractivity contribution in [2.24, 2.45) is 0 Å². The zero-order valence-electron chi connectivity index (χ0n) is 9.42. The average molecular weight is 209 g/mol. The van der Waals surface area contributed by atoms with E-state index < -0.39 is 0 Å². The molecule has 3 heteroatoms. The summed E-state index contributed by atoms with van der Waals surface area (Å²) in [7, 11) is 1.68. The molecule has 0 aromatic heterocycles. The van der Waals surface area contributed by atoms with Crippen molar-refractivity contribution in [1.82, 2.24) is 5.32 Å². The maximum Gasteiger partial charge on any atom is 0.123 e. The SMILES string of the molecule is COc1ccc(C)cc1CNCCCO. The molecule has 0 fully saturated rings. The Kier molecular flexibility index (Phi) is 5.15. The number of aliphatic hydroxyl groups excluding tert-OH is 1. The molecule has 0 aliphatic heterocycles. The normalized spacial score (nSPS) is 10.3. The lowest BCUT2D eigenvalue weighted by molar-refractivity contribution is 0.286. The average Bonchev–Trinajstić information content (AvgIpc) is 2.25. The van der Waals surface area contributed by atoms with Crippen LogP contribution in [0.1, 0.15) is 17.5 Å². The van der Waals surface area contributed by atoms with Gasteiger partial charge in [-0.2, -0.15) is 0 Å². The fourth-order valence-corrected chi connectivity index (χ4v) is 1.47. The highest BCUT2D eigenvalue weighted by Gasteiger charge is 2.01. The highest BCUT2D eigenvalue weighted by Crippen LogP contribution is 2.19. The van der Waals surface area contributed by atoms with Crippen LogP contribution in [0.15, 0.2) is 18.2 Å². The Morgan fingerprint density at radius 1 is 1.40 bits per heavy atom. The van der Waals surface area contributed by atoms with Crippen molar-refractivity contribution in [3.63, 3.8) is 0 Å². The van der Waals surface area contributed by atoms with Crippen molar-refractivity contribution in [3.05, 3.63) is 29.3 Å². The van der Waals surface area contributed by atoms with Crippen LogP contribution in [0.25, 0.3) is 0 Å². The van der Waals surface area contributed by atoms with Gasteiger partial charge in [0.1, 0.15) is 5.75 Å². The summed E-state index contributed by atoms with van der Waals surface area (Å²) in [5, 5.41) is 11.9. The standard InChI is InChI=1S/C12H19NO2/c1-10-4-5-12(15-2)11(8-10)9-13-6-3-7-14/h4-5,8,13-14H,3,6-7,9H2,1-2H3. The number of aryl methyl sites for hydroxylation is 1. The molecule has 0 radical (unpaired) electrons. The van der Waals surface area contributed by atoms with Gasteiger partial charge in [0.2, 0.25) is 0 Å². The first-order chi connectivity index (χ1) is 7.27. The molecule has 1 aromatic rings. The topological polar surface area (TPSA) is 41.5 Å². The Bertz CT molecular complexity index is 300. The van der Waals surface area contributed by atoms with Crippen LogP contribution in [0.5, 0.6) is 5.75 Å². The van der Waals surface area contributed by atoms with Crippen molar-refractivity contribution in [3.8, 4) is 5.75 Å². The van der Waals surface area contributed by atoms with Crippen molar-refractivity contribution in [1.29, 1.82) is 0 Å². The Labute approximate surface area is 91.1 Å². The number of aliphatic hydroxyl groups is 1. The number of hydrogen-bond acceptors (Lipinski definition) is 3. The summed E-state index contributed by atoms with van der Waals surface area (Å²) in [5.74, 6) is 0.914. The van der Waals surface area contributed by atoms with Crippen LogP contribution in [0, 0.1) is 6.92 Å². The summed E-state index contributed by atoms with van der Waals surface area (Å²) in [6.07, 6.45) is 0.786. The zero-order valence-corrected chi connectivity index (χ0v) is 9.42. The van der Waals surface area contributed by atoms with Gasteiger partial charge in [0.05, 0.1) is 7.11 Å². The van der Waals surface area contributed by atoms with Crippen LogP contribution in [-0.4, -0.2) is 25.4 Å². The van der Waals surface area contributed by atoms with E-state index in [-0.39, 0.29) is 6.61 Å². The Hall–Kier alpha value is -1.06. The lowest BCUT2D eigenvalue weighted by atomic mass is 10.1. The van der Waals surface area contributed by atoms with Gasteiger partial charge in [0, 0.05) is 18.7 Å². The second-order valence-corrected chi connectivity index (χ2v) is 3.57. The second kappa shape index (κ2) is 6.43. The van der Waals surface area contributed by atoms with Crippen molar-refractivity contribution in [2.75, 3.05) is 20.3 Å². The first-order valence-electron chi connectivity index (χ1n) is 5.23. The summed E-state index contributed by atoms with van der Waals surface area (Å²) < 4.78 is 5.27. The second-order valence-electron chi connectivity index (χ2n) is 3.57. The van der Waals surface area contributed by atoms with Crippen LogP contribution in [0.3, 0.4) is 0 Å². The number of benzene rings is 1. The van der Waals surface area contributed by atoms with Crippen LogP contribution < -0.4 is 10.1 Å². The van der Waals surface area contributed by atoms with Crippen molar-refractivity contribution >= 4 is 0 Å². The highest BCUT2D eigenvalue weighted by atomic mass is 16.5. The van der Waals surface area contributed by atoms with Gasteiger partial charge in [-0.05, 0) is 26.0 Å². The Morgan fingerprint density at radius 2 is 2.20 bits per heavy atom. The Balaban J connectivity index is 2.54. The van der Waals surface area contributed by atoms with Gasteiger partial charge < -0.3 is 15.2 Å². The maximum absolute atomic E-state index is 8.64. The van der Waals surface area contributed by atoms with E-state index in [1.165, 1.54) is 5.56 Å². The van der Waals surface area contributed by atoms with Gasteiger partial charge in [0.25, 0.3) is 0 Å². The van der Waals surface area contributed by atoms with Crippen LogP contribution in [-0.2, 0) is 6.54 Å². The molecule has 1 aromatic carbocycles. The molecule has 15 heavy (non-hydrogen) atoms. The minimum absolute atomic E-state index is 0.234. The van der Waals surface area contributed by atoms with E-state index in [9.17, 15) is 0 Å². The fraction of sp³-hybridized carbons (Fsp3) is 0.500. The smallest absolute Gasteiger partial charge is 0.123 e. The monoisotopic (exact) mass is 209 g/mol. The van der Waals surface area contributed by atoms with Crippen molar-refractivity contribution in [2.45, 2.75) is 19.9 Å². The molecule has 0 spiro atoms. The van der Waals surface area contributed by atoms with Gasteiger partial charge >= 0.3 is 0 Å². The van der Waals surface area contributed by atoms with E-state index in [4.69, 9.17) is 9.84 Å². The highest BCUT2D eigenvalue weighted by molar-refractivity contribution is 5.36. The first kappa shape index (κ1) is 12.0. The molecule has 84 valence electrons. The van der Waals surface area contributed by atoms with Gasteiger partial charge in [0.15, 0.2) is 0 Å². The van der Waals surface area contributed by atoms with Gasteiger partial charge in [-0.25, -0.2) is 0 Å². The predicted molar refractivity (Wildman–Crippen MR) is 61.1 cm³/mol. The number of methoxy groups -OCH3 is 1. The Morgan fingerprint density at radius 3 is 2.87 bits per heavy atom. The van der Waals surface area contributed by atoms with Crippen LogP contribution >= 0.6 is 0 Å². The number of hydrogen-bond donors (Lipinski definition) is 2. The maximum atomic E-state index is 8.64. The van der Waals surface area contributed by atoms with Crippen molar-refractivity contribution < 1.29 is 9.84 Å². The van der Waals surface area contributed by atoms with Crippen LogP contribution in [0.4, 0.5) is 0 Å². The molecule has 0 atom stereocenters. The third kappa shape index (κ3) is 3.90. The molecule has 0 aliphatic rings. The lowest BCUT2D eigenvalue weighted by Crippen LogP contribution is -2.16. The van der Waals surface area contributed by atoms with E-state index in [0.717, 1.165) is 30.8 Å². The summed E-state index contributed by atoms with van der Waals surface area (Å²) in [6.45, 7) is 3.91. The molecule has 0 saturated carbocycles. The lowest BCUT2D eigenvalue weighted by Gasteiger charge is -2.10. The molecule has 0 bridgehead atoms. The fourth-order valence-electron chi connectivity index (χ4n) is 1.47. The largest absolute Gasteiger partial charge is 0.496 e. The molecule has 3 nitrogen and oxygen atoms in total.